The molecule has 3 aromatic carbocycles. The van der Waals surface area contributed by atoms with E-state index in [1.807, 2.05) is 6.07 Å². The summed E-state index contributed by atoms with van der Waals surface area (Å²) in [6.07, 6.45) is 1.30. The van der Waals surface area contributed by atoms with Gasteiger partial charge in [-0.15, -0.1) is 0 Å². The summed E-state index contributed by atoms with van der Waals surface area (Å²) in [6.45, 7) is 0. The van der Waals surface area contributed by atoms with Crippen LogP contribution in [0.3, 0.4) is 0 Å². The van der Waals surface area contributed by atoms with Crippen molar-refractivity contribution >= 4 is 58.4 Å². The van der Waals surface area contributed by atoms with E-state index in [4.69, 9.17) is 49.0 Å². The maximum atomic E-state index is 12.6. The van der Waals surface area contributed by atoms with E-state index in [-0.39, 0.29) is 43.4 Å². The van der Waals surface area contributed by atoms with Gasteiger partial charge in [0.2, 0.25) is 0 Å². The molecule has 0 heterocycles. The van der Waals surface area contributed by atoms with E-state index in [0.717, 1.165) is 0 Å². The van der Waals surface area contributed by atoms with Crippen LogP contribution in [-0.4, -0.2) is 26.1 Å². The van der Waals surface area contributed by atoms with Crippen molar-refractivity contribution in [3.63, 3.8) is 0 Å². The monoisotopic (exact) mass is 530 g/mol. The fourth-order valence-electron chi connectivity index (χ4n) is 2.91. The Bertz CT molecular complexity index is 1330. The SMILES string of the molecule is COc1ccc(C(=O)Oc2c(Cl)cc(/C=C(\C#N)C(=O)Nc3c(Cl)cccc3Cl)cc2OC)cc1. The van der Waals surface area contributed by atoms with Crippen LogP contribution >= 0.6 is 34.8 Å². The number of ether oxygens (including phenoxy) is 3. The number of benzene rings is 3. The number of rotatable bonds is 7. The van der Waals surface area contributed by atoms with Crippen molar-refractivity contribution in [2.75, 3.05) is 19.5 Å². The van der Waals surface area contributed by atoms with E-state index >= 15 is 0 Å². The molecular weight excluding hydrogens is 515 g/mol. The van der Waals surface area contributed by atoms with Gasteiger partial charge in [-0.25, -0.2) is 4.79 Å². The molecule has 0 radical (unpaired) electrons. The number of nitrogens with one attached hydrogen (secondary N) is 1. The zero-order valence-electron chi connectivity index (χ0n) is 18.4. The molecule has 0 saturated carbocycles. The van der Waals surface area contributed by atoms with Gasteiger partial charge in [0.15, 0.2) is 11.5 Å². The number of esters is 1. The lowest BCUT2D eigenvalue weighted by molar-refractivity contribution is -0.112. The lowest BCUT2D eigenvalue weighted by Crippen LogP contribution is -2.14. The summed E-state index contributed by atoms with van der Waals surface area (Å²) in [6, 6.07) is 15.8. The van der Waals surface area contributed by atoms with Gasteiger partial charge in [-0.3, -0.25) is 4.79 Å². The minimum Gasteiger partial charge on any atom is -0.497 e. The average Bonchev–Trinajstić information content (AvgIpc) is 2.86. The van der Waals surface area contributed by atoms with Gasteiger partial charge in [0.05, 0.1) is 40.5 Å². The quantitative estimate of drug-likeness (QED) is 0.163. The second-order valence-electron chi connectivity index (χ2n) is 6.87. The minimum atomic E-state index is -0.729. The number of carbonyl (C=O) groups excluding carboxylic acids is 2. The molecule has 0 bridgehead atoms. The first-order valence-corrected chi connectivity index (χ1v) is 11.0. The van der Waals surface area contributed by atoms with E-state index < -0.39 is 11.9 Å². The summed E-state index contributed by atoms with van der Waals surface area (Å²) < 4.78 is 15.8. The Hall–Kier alpha value is -3.70. The molecule has 3 aromatic rings. The molecule has 7 nitrogen and oxygen atoms in total. The highest BCUT2D eigenvalue weighted by Gasteiger charge is 2.19. The number of anilines is 1. The summed E-state index contributed by atoms with van der Waals surface area (Å²) in [4.78, 5) is 25.2. The minimum absolute atomic E-state index is 0.0158. The molecule has 35 heavy (non-hydrogen) atoms. The molecule has 0 fully saturated rings. The highest BCUT2D eigenvalue weighted by atomic mass is 35.5. The highest BCUT2D eigenvalue weighted by molar-refractivity contribution is 6.40. The summed E-state index contributed by atoms with van der Waals surface area (Å²) >= 11 is 18.5. The normalized spacial score (nSPS) is 10.8. The number of nitriles is 1. The van der Waals surface area contributed by atoms with Crippen LogP contribution in [0.25, 0.3) is 6.08 Å². The molecule has 3 rings (SSSR count). The van der Waals surface area contributed by atoms with E-state index in [0.29, 0.717) is 11.3 Å². The maximum Gasteiger partial charge on any atom is 0.343 e. The van der Waals surface area contributed by atoms with Gasteiger partial charge >= 0.3 is 5.97 Å². The summed E-state index contributed by atoms with van der Waals surface area (Å²) in [7, 11) is 2.88. The molecule has 0 aliphatic carbocycles. The van der Waals surface area contributed by atoms with Crippen molar-refractivity contribution in [1.29, 1.82) is 5.26 Å². The van der Waals surface area contributed by atoms with Gasteiger partial charge in [0.25, 0.3) is 5.91 Å². The van der Waals surface area contributed by atoms with Gasteiger partial charge in [0.1, 0.15) is 17.4 Å². The molecule has 1 N–H and O–H groups in total. The third-order valence-electron chi connectivity index (χ3n) is 4.65. The Balaban J connectivity index is 1.87. The van der Waals surface area contributed by atoms with Crippen LogP contribution in [0, 0.1) is 11.3 Å². The lowest BCUT2D eigenvalue weighted by atomic mass is 10.1. The summed E-state index contributed by atoms with van der Waals surface area (Å²) in [5.74, 6) is -0.699. The van der Waals surface area contributed by atoms with Crippen molar-refractivity contribution in [1.82, 2.24) is 0 Å². The summed E-state index contributed by atoms with van der Waals surface area (Å²) in [5.41, 5.74) is 0.558. The van der Waals surface area contributed by atoms with Crippen molar-refractivity contribution in [2.45, 2.75) is 0 Å². The molecule has 0 atom stereocenters. The van der Waals surface area contributed by atoms with Crippen molar-refractivity contribution in [3.8, 4) is 23.3 Å². The van der Waals surface area contributed by atoms with Crippen LogP contribution in [0.4, 0.5) is 5.69 Å². The fraction of sp³-hybridized carbons (Fsp3) is 0.0800. The van der Waals surface area contributed by atoms with Crippen LogP contribution in [-0.2, 0) is 4.79 Å². The number of para-hydroxylation sites is 1. The molecule has 0 unspecified atom stereocenters. The molecule has 1 amide bonds. The number of nitrogens with zero attached hydrogens (tertiary/aromatic N) is 1. The van der Waals surface area contributed by atoms with Gasteiger partial charge < -0.3 is 19.5 Å². The van der Waals surface area contributed by atoms with Gasteiger partial charge in [-0.1, -0.05) is 40.9 Å². The maximum absolute atomic E-state index is 12.6. The lowest BCUT2D eigenvalue weighted by Gasteiger charge is -2.13. The molecule has 0 saturated heterocycles. The molecule has 178 valence electrons. The Morgan fingerprint density at radius 1 is 0.943 bits per heavy atom. The van der Waals surface area contributed by atoms with Crippen LogP contribution in [0.1, 0.15) is 15.9 Å². The van der Waals surface area contributed by atoms with Crippen LogP contribution < -0.4 is 19.5 Å². The third kappa shape index (κ3) is 6.25. The average molecular weight is 532 g/mol. The van der Waals surface area contributed by atoms with E-state index in [2.05, 4.69) is 5.32 Å². The van der Waals surface area contributed by atoms with Crippen LogP contribution in [0.15, 0.2) is 60.2 Å². The van der Waals surface area contributed by atoms with Crippen LogP contribution in [0.2, 0.25) is 15.1 Å². The highest BCUT2D eigenvalue weighted by Crippen LogP contribution is 2.38. The Morgan fingerprint density at radius 3 is 2.17 bits per heavy atom. The Morgan fingerprint density at radius 2 is 1.60 bits per heavy atom. The zero-order chi connectivity index (χ0) is 25.5. The van der Waals surface area contributed by atoms with Gasteiger partial charge in [0, 0.05) is 0 Å². The second kappa shape index (κ2) is 11.6. The number of methoxy groups -OCH3 is 2. The largest absolute Gasteiger partial charge is 0.497 e. The molecule has 10 heteroatoms. The Labute approximate surface area is 216 Å². The van der Waals surface area contributed by atoms with E-state index in [1.165, 1.54) is 32.4 Å². The first-order valence-electron chi connectivity index (χ1n) is 9.88. The predicted molar refractivity (Wildman–Crippen MR) is 135 cm³/mol. The van der Waals surface area contributed by atoms with E-state index in [1.54, 1.807) is 42.5 Å². The molecule has 0 aliphatic heterocycles. The molecule has 0 spiro atoms. The first-order chi connectivity index (χ1) is 16.8. The van der Waals surface area contributed by atoms with Crippen LogP contribution in [0.5, 0.6) is 17.2 Å². The molecule has 0 aliphatic rings. The number of amides is 1. The van der Waals surface area contributed by atoms with Crippen molar-refractivity contribution in [3.05, 3.63) is 86.4 Å². The van der Waals surface area contributed by atoms with Gasteiger partial charge in [-0.05, 0) is 60.2 Å². The van der Waals surface area contributed by atoms with Crippen molar-refractivity contribution < 1.29 is 23.8 Å². The second-order valence-corrected chi connectivity index (χ2v) is 8.09. The number of halogens is 3. The fourth-order valence-corrected chi connectivity index (χ4v) is 3.66. The summed E-state index contributed by atoms with van der Waals surface area (Å²) in [5, 5.41) is 12.5. The molecular formula is C25H17Cl3N2O5. The zero-order valence-corrected chi connectivity index (χ0v) is 20.7. The molecule has 0 aromatic heterocycles. The number of hydrogen-bond acceptors (Lipinski definition) is 6. The standard InChI is InChI=1S/C25H17Cl3N2O5/c1-33-17-8-6-15(7-9-17)25(32)35-23-20(28)11-14(12-21(23)34-2)10-16(13-29)24(31)30-22-18(26)4-3-5-19(22)27/h3-12H,1-2H3,(H,30,31)/b16-10+. The van der Waals surface area contributed by atoms with Gasteiger partial charge in [-0.2, -0.15) is 5.26 Å². The van der Waals surface area contributed by atoms with E-state index in [9.17, 15) is 14.9 Å². The number of hydrogen-bond donors (Lipinski definition) is 1. The smallest absolute Gasteiger partial charge is 0.343 e. The third-order valence-corrected chi connectivity index (χ3v) is 5.56. The number of carbonyl (C=O) groups is 2. The topological polar surface area (TPSA) is 97.7 Å². The Kier molecular flexibility index (Phi) is 8.61. The predicted octanol–water partition coefficient (Wildman–Crippen LogP) is 6.43. The first kappa shape index (κ1) is 25.9. The van der Waals surface area contributed by atoms with Crippen molar-refractivity contribution in [2.24, 2.45) is 0 Å².